The lowest BCUT2D eigenvalue weighted by Crippen LogP contribution is -2.15. The van der Waals surface area contributed by atoms with Gasteiger partial charge in [-0.15, -0.1) is 11.3 Å². The molecule has 0 radical (unpaired) electrons. The third-order valence-electron chi connectivity index (χ3n) is 6.14. The summed E-state index contributed by atoms with van der Waals surface area (Å²) in [4.78, 5) is 32.2. The minimum Gasteiger partial charge on any atom is -0.465 e. The van der Waals surface area contributed by atoms with Crippen LogP contribution >= 0.6 is 22.9 Å². The van der Waals surface area contributed by atoms with Crippen molar-refractivity contribution in [2.75, 3.05) is 12.4 Å². The second kappa shape index (κ2) is 9.57. The Morgan fingerprint density at radius 2 is 1.79 bits per heavy atom. The Kier molecular flexibility index (Phi) is 6.35. The number of carbonyl (C=O) groups is 2. The second-order valence-corrected chi connectivity index (χ2v) is 9.83. The first kappa shape index (κ1) is 22.6. The summed E-state index contributed by atoms with van der Waals surface area (Å²) in [6.07, 6.45) is 4.99. The summed E-state index contributed by atoms with van der Waals surface area (Å²) < 4.78 is 5.08. The third kappa shape index (κ3) is 4.31. The number of esters is 1. The molecule has 0 aliphatic heterocycles. The van der Waals surface area contributed by atoms with Crippen LogP contribution in [-0.4, -0.2) is 24.0 Å². The number of anilines is 1. The highest BCUT2D eigenvalue weighted by Crippen LogP contribution is 2.38. The number of methoxy groups -OCH3 is 1. The molecule has 1 aliphatic rings. The maximum Gasteiger partial charge on any atom is 0.341 e. The average molecular weight is 491 g/mol. The summed E-state index contributed by atoms with van der Waals surface area (Å²) in [6, 6.07) is 16.7. The molecule has 2 aromatic heterocycles. The van der Waals surface area contributed by atoms with Crippen molar-refractivity contribution in [3.05, 3.63) is 81.2 Å². The SMILES string of the molecule is COC(=O)c1c(NC(=O)c2cc(-c3ccc(Cl)cc3)nc3ccccc23)sc2c1CCCCC2. The van der Waals surface area contributed by atoms with Gasteiger partial charge in [0.05, 0.1) is 29.4 Å². The number of halogens is 1. The van der Waals surface area contributed by atoms with E-state index >= 15 is 0 Å². The van der Waals surface area contributed by atoms with E-state index in [0.29, 0.717) is 26.8 Å². The molecule has 0 fully saturated rings. The lowest BCUT2D eigenvalue weighted by atomic mass is 10.0. The Morgan fingerprint density at radius 3 is 2.59 bits per heavy atom. The first-order valence-corrected chi connectivity index (χ1v) is 12.4. The van der Waals surface area contributed by atoms with Crippen LogP contribution in [0.25, 0.3) is 22.2 Å². The second-order valence-electron chi connectivity index (χ2n) is 8.29. The number of hydrogen-bond acceptors (Lipinski definition) is 5. The van der Waals surface area contributed by atoms with Gasteiger partial charge in [0, 0.05) is 20.8 Å². The molecule has 2 heterocycles. The van der Waals surface area contributed by atoms with Crippen LogP contribution in [0.5, 0.6) is 0 Å². The average Bonchev–Trinajstić information content (AvgIpc) is 3.03. The van der Waals surface area contributed by atoms with Crippen molar-refractivity contribution < 1.29 is 14.3 Å². The first-order valence-electron chi connectivity index (χ1n) is 11.2. The van der Waals surface area contributed by atoms with E-state index < -0.39 is 5.97 Å². The van der Waals surface area contributed by atoms with Gasteiger partial charge in [-0.05, 0) is 55.5 Å². The minimum absolute atomic E-state index is 0.282. The van der Waals surface area contributed by atoms with Crippen LogP contribution in [0.3, 0.4) is 0 Å². The number of para-hydroxylation sites is 1. The number of nitrogens with zero attached hydrogens (tertiary/aromatic N) is 1. The Balaban J connectivity index is 1.58. The minimum atomic E-state index is -0.406. The summed E-state index contributed by atoms with van der Waals surface area (Å²) in [6.45, 7) is 0. The number of benzene rings is 2. The molecule has 0 saturated heterocycles. The molecule has 0 spiro atoms. The van der Waals surface area contributed by atoms with Gasteiger partial charge in [0.2, 0.25) is 0 Å². The van der Waals surface area contributed by atoms with Gasteiger partial charge < -0.3 is 10.1 Å². The van der Waals surface area contributed by atoms with Crippen LogP contribution in [0, 0.1) is 0 Å². The first-order chi connectivity index (χ1) is 16.5. The van der Waals surface area contributed by atoms with E-state index in [1.807, 2.05) is 36.4 Å². The molecular weight excluding hydrogens is 468 g/mol. The van der Waals surface area contributed by atoms with Gasteiger partial charge in [0.1, 0.15) is 5.00 Å². The zero-order chi connectivity index (χ0) is 23.7. The zero-order valence-electron chi connectivity index (χ0n) is 18.7. The zero-order valence-corrected chi connectivity index (χ0v) is 20.3. The molecule has 0 unspecified atom stereocenters. The molecule has 34 heavy (non-hydrogen) atoms. The third-order valence-corrected chi connectivity index (χ3v) is 7.60. The van der Waals surface area contributed by atoms with Crippen LogP contribution in [0.15, 0.2) is 54.6 Å². The summed E-state index contributed by atoms with van der Waals surface area (Å²) in [5.74, 6) is -0.688. The Hall–Kier alpha value is -3.22. The number of fused-ring (bicyclic) bond motifs is 2. The summed E-state index contributed by atoms with van der Waals surface area (Å²) >= 11 is 7.54. The molecule has 5 nitrogen and oxygen atoms in total. The van der Waals surface area contributed by atoms with Crippen LogP contribution in [0.1, 0.15) is 50.4 Å². The molecule has 0 saturated carbocycles. The van der Waals surface area contributed by atoms with Crippen LogP contribution in [0.2, 0.25) is 5.02 Å². The van der Waals surface area contributed by atoms with Crippen molar-refractivity contribution in [2.45, 2.75) is 32.1 Å². The van der Waals surface area contributed by atoms with Gasteiger partial charge in [0.25, 0.3) is 5.91 Å². The fourth-order valence-electron chi connectivity index (χ4n) is 4.45. The van der Waals surface area contributed by atoms with Gasteiger partial charge in [-0.25, -0.2) is 9.78 Å². The van der Waals surface area contributed by atoms with Gasteiger partial charge in [-0.2, -0.15) is 0 Å². The van der Waals surface area contributed by atoms with E-state index in [-0.39, 0.29) is 5.91 Å². The van der Waals surface area contributed by atoms with Gasteiger partial charge in [0.15, 0.2) is 0 Å². The standard InChI is InChI=1S/C27H23ClN2O3S/c1-33-27(32)24-19-8-3-2-4-10-23(19)34-26(24)30-25(31)20-15-22(16-11-13-17(28)14-12-16)29-21-9-6-5-7-18(20)21/h5-7,9,11-15H,2-4,8,10H2,1H3,(H,30,31). The van der Waals surface area contributed by atoms with Crippen molar-refractivity contribution in [3.8, 4) is 11.3 Å². The number of amides is 1. The highest BCUT2D eigenvalue weighted by Gasteiger charge is 2.27. The molecule has 1 amide bonds. The number of thiophene rings is 1. The van der Waals surface area contributed by atoms with E-state index in [9.17, 15) is 9.59 Å². The van der Waals surface area contributed by atoms with Crippen LogP contribution in [0.4, 0.5) is 5.00 Å². The lowest BCUT2D eigenvalue weighted by molar-refractivity contribution is 0.0601. The molecule has 5 rings (SSSR count). The largest absolute Gasteiger partial charge is 0.465 e. The topological polar surface area (TPSA) is 68.3 Å². The van der Waals surface area contributed by atoms with Gasteiger partial charge >= 0.3 is 5.97 Å². The molecular formula is C27H23ClN2O3S. The van der Waals surface area contributed by atoms with Crippen molar-refractivity contribution in [3.63, 3.8) is 0 Å². The number of rotatable bonds is 4. The fraction of sp³-hybridized carbons (Fsp3) is 0.222. The van der Waals surface area contributed by atoms with E-state index in [1.165, 1.54) is 18.4 Å². The summed E-state index contributed by atoms with van der Waals surface area (Å²) in [5.41, 5.74) is 4.27. The summed E-state index contributed by atoms with van der Waals surface area (Å²) in [7, 11) is 1.38. The maximum atomic E-state index is 13.6. The smallest absolute Gasteiger partial charge is 0.341 e. The van der Waals surface area contributed by atoms with Crippen molar-refractivity contribution in [1.29, 1.82) is 0 Å². The van der Waals surface area contributed by atoms with E-state index in [2.05, 4.69) is 5.32 Å². The van der Waals surface area contributed by atoms with Crippen LogP contribution in [-0.2, 0) is 17.6 Å². The van der Waals surface area contributed by atoms with Crippen molar-refractivity contribution in [2.24, 2.45) is 0 Å². The molecule has 7 heteroatoms. The highest BCUT2D eigenvalue weighted by atomic mass is 35.5. The molecule has 2 aromatic carbocycles. The quantitative estimate of drug-likeness (QED) is 0.249. The van der Waals surface area contributed by atoms with E-state index in [4.69, 9.17) is 21.3 Å². The predicted molar refractivity (Wildman–Crippen MR) is 137 cm³/mol. The number of pyridine rings is 1. The van der Waals surface area contributed by atoms with Crippen molar-refractivity contribution >= 4 is 50.7 Å². The number of carbonyl (C=O) groups excluding carboxylic acids is 2. The molecule has 1 N–H and O–H groups in total. The molecule has 0 bridgehead atoms. The number of aryl methyl sites for hydroxylation is 1. The van der Waals surface area contributed by atoms with Crippen LogP contribution < -0.4 is 5.32 Å². The predicted octanol–water partition coefficient (Wildman–Crippen LogP) is 6.92. The van der Waals surface area contributed by atoms with E-state index in [0.717, 1.165) is 59.0 Å². The molecule has 172 valence electrons. The lowest BCUT2D eigenvalue weighted by Gasteiger charge is -2.11. The Morgan fingerprint density at radius 1 is 1.03 bits per heavy atom. The molecule has 1 aliphatic carbocycles. The highest BCUT2D eigenvalue weighted by molar-refractivity contribution is 7.17. The maximum absolute atomic E-state index is 13.6. The number of hydrogen-bond donors (Lipinski definition) is 1. The Bertz CT molecular complexity index is 1400. The van der Waals surface area contributed by atoms with Crippen molar-refractivity contribution in [1.82, 2.24) is 4.98 Å². The normalized spacial score (nSPS) is 13.2. The summed E-state index contributed by atoms with van der Waals surface area (Å²) in [5, 5.41) is 4.96. The monoisotopic (exact) mass is 490 g/mol. The van der Waals surface area contributed by atoms with Gasteiger partial charge in [-0.1, -0.05) is 48.4 Å². The molecule has 0 atom stereocenters. The Labute approximate surface area is 206 Å². The number of ether oxygens (including phenoxy) is 1. The fourth-order valence-corrected chi connectivity index (χ4v) is 5.85. The molecule has 4 aromatic rings. The number of aromatic nitrogens is 1. The van der Waals surface area contributed by atoms with Gasteiger partial charge in [-0.3, -0.25) is 4.79 Å². The number of nitrogens with one attached hydrogen (secondary N) is 1. The van der Waals surface area contributed by atoms with E-state index in [1.54, 1.807) is 18.2 Å².